The Balaban J connectivity index is 2.14. The molecule has 3 rings (SSSR count). The summed E-state index contributed by atoms with van der Waals surface area (Å²) in [7, 11) is 1.56. The van der Waals surface area contributed by atoms with E-state index in [4.69, 9.17) is 9.47 Å². The van der Waals surface area contributed by atoms with Crippen LogP contribution in [-0.2, 0) is 4.74 Å². The summed E-state index contributed by atoms with van der Waals surface area (Å²) in [5.41, 5.74) is 0.589. The van der Waals surface area contributed by atoms with Gasteiger partial charge in [0.2, 0.25) is 0 Å². The highest BCUT2D eigenvalue weighted by Gasteiger charge is 2.23. The van der Waals surface area contributed by atoms with E-state index >= 15 is 0 Å². The van der Waals surface area contributed by atoms with Crippen molar-refractivity contribution in [2.24, 2.45) is 0 Å². The number of para-hydroxylation sites is 2. The van der Waals surface area contributed by atoms with Gasteiger partial charge >= 0.3 is 5.97 Å². The molecule has 0 saturated heterocycles. The lowest BCUT2D eigenvalue weighted by Gasteiger charge is -2.08. The van der Waals surface area contributed by atoms with Gasteiger partial charge in [0.05, 0.1) is 18.6 Å². The van der Waals surface area contributed by atoms with Gasteiger partial charge in [0.25, 0.3) is 5.69 Å². The third kappa shape index (κ3) is 3.31. The van der Waals surface area contributed by atoms with Gasteiger partial charge in [-0.2, -0.15) is 0 Å². The van der Waals surface area contributed by atoms with E-state index in [0.29, 0.717) is 27.4 Å². The number of ether oxygens (including phenoxy) is 2. The maximum absolute atomic E-state index is 12.5. The molecule has 0 bridgehead atoms. The summed E-state index contributed by atoms with van der Waals surface area (Å²) in [6.45, 7) is 1.96. The highest BCUT2D eigenvalue weighted by molar-refractivity contribution is 7.23. The highest BCUT2D eigenvalue weighted by atomic mass is 32.1. The molecule has 0 radical (unpaired) electrons. The van der Waals surface area contributed by atoms with Crippen molar-refractivity contribution in [3.05, 3.63) is 58.1 Å². The first-order valence-corrected chi connectivity index (χ1v) is 8.65. The van der Waals surface area contributed by atoms with Crippen molar-refractivity contribution in [3.8, 4) is 5.75 Å². The Bertz CT molecular complexity index is 983. The first-order chi connectivity index (χ1) is 12.5. The van der Waals surface area contributed by atoms with Crippen LogP contribution in [0.25, 0.3) is 10.1 Å². The van der Waals surface area contributed by atoms with E-state index in [1.54, 1.807) is 44.4 Å². The smallest absolute Gasteiger partial charge is 0.341 e. The van der Waals surface area contributed by atoms with Crippen LogP contribution in [0, 0.1) is 10.1 Å². The monoisotopic (exact) mass is 372 g/mol. The molecule has 8 heteroatoms. The summed E-state index contributed by atoms with van der Waals surface area (Å²) in [5, 5.41) is 15.5. The lowest BCUT2D eigenvalue weighted by atomic mass is 10.1. The second-order valence-corrected chi connectivity index (χ2v) is 6.34. The molecular formula is C18H16N2O5S. The third-order valence-corrected chi connectivity index (χ3v) is 4.79. The number of benzene rings is 2. The fourth-order valence-corrected chi connectivity index (χ4v) is 3.69. The number of esters is 1. The molecule has 134 valence electrons. The van der Waals surface area contributed by atoms with Crippen LogP contribution in [-0.4, -0.2) is 24.6 Å². The first kappa shape index (κ1) is 17.7. The number of hydrogen-bond acceptors (Lipinski definition) is 7. The van der Waals surface area contributed by atoms with E-state index in [2.05, 4.69) is 5.32 Å². The number of nitrogens with one attached hydrogen (secondary N) is 1. The van der Waals surface area contributed by atoms with Crippen LogP contribution in [0.15, 0.2) is 42.5 Å². The zero-order valence-electron chi connectivity index (χ0n) is 14.1. The quantitative estimate of drug-likeness (QED) is 0.382. The van der Waals surface area contributed by atoms with Crippen molar-refractivity contribution >= 4 is 43.8 Å². The number of fused-ring (bicyclic) bond motifs is 1. The van der Waals surface area contributed by atoms with Gasteiger partial charge in [-0.1, -0.05) is 12.1 Å². The Morgan fingerprint density at radius 1 is 1.27 bits per heavy atom. The van der Waals surface area contributed by atoms with Crippen LogP contribution in [0.1, 0.15) is 17.3 Å². The van der Waals surface area contributed by atoms with Gasteiger partial charge in [-0.15, -0.1) is 11.3 Å². The Kier molecular flexibility index (Phi) is 5.04. The molecule has 1 N–H and O–H groups in total. The topological polar surface area (TPSA) is 90.7 Å². The number of carbonyl (C=O) groups excluding carboxylic acids is 1. The largest absolute Gasteiger partial charge is 0.497 e. The summed E-state index contributed by atoms with van der Waals surface area (Å²) >= 11 is 1.31. The van der Waals surface area contributed by atoms with Crippen LogP contribution in [0.5, 0.6) is 5.75 Å². The second kappa shape index (κ2) is 7.40. The first-order valence-electron chi connectivity index (χ1n) is 7.83. The molecule has 0 fully saturated rings. The molecular weight excluding hydrogens is 356 g/mol. The Morgan fingerprint density at radius 3 is 2.73 bits per heavy atom. The van der Waals surface area contributed by atoms with Crippen molar-refractivity contribution in [1.29, 1.82) is 0 Å². The number of methoxy groups -OCH3 is 1. The Labute approximate surface area is 153 Å². The molecule has 0 aliphatic carbocycles. The molecule has 2 aromatic carbocycles. The van der Waals surface area contributed by atoms with E-state index in [0.717, 1.165) is 4.70 Å². The maximum atomic E-state index is 12.5. The van der Waals surface area contributed by atoms with Gasteiger partial charge in [-0.05, 0) is 31.2 Å². The summed E-state index contributed by atoms with van der Waals surface area (Å²) in [5.74, 6) is 0.177. The third-order valence-electron chi connectivity index (χ3n) is 3.73. The lowest BCUT2D eigenvalue weighted by Crippen LogP contribution is -2.06. The number of carbonyl (C=O) groups is 1. The molecule has 0 saturated carbocycles. The van der Waals surface area contributed by atoms with Crippen LogP contribution < -0.4 is 10.1 Å². The van der Waals surface area contributed by atoms with Gasteiger partial charge in [0.15, 0.2) is 0 Å². The van der Waals surface area contributed by atoms with Crippen LogP contribution in [0.2, 0.25) is 0 Å². The van der Waals surface area contributed by atoms with Gasteiger partial charge in [0.1, 0.15) is 22.0 Å². The molecule has 0 aliphatic rings. The van der Waals surface area contributed by atoms with Crippen molar-refractivity contribution in [3.63, 3.8) is 0 Å². The zero-order chi connectivity index (χ0) is 18.7. The standard InChI is InChI=1S/C18H16N2O5S/c1-3-25-18(21)16-12-9-8-11(24-2)10-15(12)26-17(16)19-13-6-4-5-7-14(13)20(22)23/h4-10,19H,3H2,1-2H3. The summed E-state index contributed by atoms with van der Waals surface area (Å²) in [6, 6.07) is 11.6. The van der Waals surface area contributed by atoms with Crippen LogP contribution in [0.3, 0.4) is 0 Å². The Morgan fingerprint density at radius 2 is 2.04 bits per heavy atom. The molecule has 7 nitrogen and oxygen atoms in total. The number of nitrogens with zero attached hydrogens (tertiary/aromatic N) is 1. The number of nitro benzene ring substituents is 1. The molecule has 26 heavy (non-hydrogen) atoms. The van der Waals surface area contributed by atoms with Crippen molar-refractivity contribution in [1.82, 2.24) is 0 Å². The van der Waals surface area contributed by atoms with Gasteiger partial charge in [-0.3, -0.25) is 10.1 Å². The fraction of sp³-hybridized carbons (Fsp3) is 0.167. The number of thiophene rings is 1. The Hall–Kier alpha value is -3.13. The molecule has 0 aliphatic heterocycles. The normalized spacial score (nSPS) is 10.5. The average Bonchev–Trinajstić information content (AvgIpc) is 2.99. The molecule has 0 unspecified atom stereocenters. The van der Waals surface area contributed by atoms with Crippen LogP contribution >= 0.6 is 11.3 Å². The van der Waals surface area contributed by atoms with E-state index in [-0.39, 0.29) is 12.3 Å². The highest BCUT2D eigenvalue weighted by Crippen LogP contribution is 2.40. The summed E-state index contributed by atoms with van der Waals surface area (Å²) in [4.78, 5) is 23.3. The van der Waals surface area contributed by atoms with Crippen molar-refractivity contribution in [2.45, 2.75) is 6.92 Å². The molecule has 1 heterocycles. The van der Waals surface area contributed by atoms with Gasteiger partial charge in [0, 0.05) is 16.2 Å². The summed E-state index contributed by atoms with van der Waals surface area (Å²) in [6.07, 6.45) is 0. The van der Waals surface area contributed by atoms with E-state index in [1.807, 2.05) is 6.07 Å². The lowest BCUT2D eigenvalue weighted by molar-refractivity contribution is -0.383. The molecule has 3 aromatic rings. The zero-order valence-corrected chi connectivity index (χ0v) is 15.0. The SMILES string of the molecule is CCOC(=O)c1c(Nc2ccccc2[N+](=O)[O-])sc2cc(OC)ccc12. The van der Waals surface area contributed by atoms with Crippen molar-refractivity contribution in [2.75, 3.05) is 19.0 Å². The van der Waals surface area contributed by atoms with E-state index in [9.17, 15) is 14.9 Å². The van der Waals surface area contributed by atoms with Crippen molar-refractivity contribution < 1.29 is 19.2 Å². The number of anilines is 2. The number of rotatable bonds is 6. The second-order valence-electron chi connectivity index (χ2n) is 5.29. The number of hydrogen-bond donors (Lipinski definition) is 1. The van der Waals surface area contributed by atoms with E-state index < -0.39 is 10.9 Å². The molecule has 0 spiro atoms. The minimum Gasteiger partial charge on any atom is -0.497 e. The van der Waals surface area contributed by atoms with Gasteiger partial charge < -0.3 is 14.8 Å². The molecule has 1 aromatic heterocycles. The maximum Gasteiger partial charge on any atom is 0.341 e. The predicted molar refractivity (Wildman–Crippen MR) is 101 cm³/mol. The molecule has 0 atom stereocenters. The number of nitro groups is 1. The van der Waals surface area contributed by atoms with Gasteiger partial charge in [-0.25, -0.2) is 4.79 Å². The van der Waals surface area contributed by atoms with E-state index in [1.165, 1.54) is 17.4 Å². The minimum absolute atomic E-state index is 0.0719. The average molecular weight is 372 g/mol. The molecule has 0 amide bonds. The predicted octanol–water partition coefficient (Wildman–Crippen LogP) is 4.74. The van der Waals surface area contributed by atoms with Crippen LogP contribution in [0.4, 0.5) is 16.4 Å². The summed E-state index contributed by atoms with van der Waals surface area (Å²) < 4.78 is 11.2. The fourth-order valence-electron chi connectivity index (χ4n) is 2.56. The minimum atomic E-state index is -0.481.